The molecule has 0 bridgehead atoms. The van der Waals surface area contributed by atoms with Gasteiger partial charge in [-0.2, -0.15) is 31.1 Å². The molecule has 2 atom stereocenters. The molecular formula is C25H20Cl3F9N6O2. The van der Waals surface area contributed by atoms with Crippen LogP contribution in [0.5, 0.6) is 5.75 Å². The van der Waals surface area contributed by atoms with E-state index in [2.05, 4.69) is 20.1 Å². The normalized spacial score (nSPS) is 17.7. The Morgan fingerprint density at radius 2 is 1.58 bits per heavy atom. The number of benzene rings is 2. The summed E-state index contributed by atoms with van der Waals surface area (Å²) in [4.78, 5) is 16.4. The highest BCUT2D eigenvalue weighted by molar-refractivity contribution is 6.77. The van der Waals surface area contributed by atoms with E-state index in [1.807, 2.05) is 0 Å². The van der Waals surface area contributed by atoms with Crippen molar-refractivity contribution in [1.82, 2.24) is 20.2 Å². The minimum Gasteiger partial charge on any atom is -0.406 e. The zero-order valence-corrected chi connectivity index (χ0v) is 25.0. The zero-order valence-electron chi connectivity index (χ0n) is 22.8. The van der Waals surface area contributed by atoms with Gasteiger partial charge in [0.25, 0.3) is 15.6 Å². The highest BCUT2D eigenvalue weighted by Crippen LogP contribution is 2.47. The molecule has 0 saturated heterocycles. The molecule has 0 aliphatic carbocycles. The number of hydrogen-bond acceptors (Lipinski definition) is 6. The van der Waals surface area contributed by atoms with Crippen LogP contribution in [-0.4, -0.2) is 42.3 Å². The van der Waals surface area contributed by atoms with E-state index in [-0.39, 0.29) is 36.1 Å². The summed E-state index contributed by atoms with van der Waals surface area (Å²) < 4.78 is 123. The number of carbonyl (C=O) groups is 1. The van der Waals surface area contributed by atoms with Gasteiger partial charge in [0.1, 0.15) is 5.75 Å². The van der Waals surface area contributed by atoms with Crippen molar-refractivity contribution in [3.8, 4) is 5.75 Å². The molecule has 2 aromatic carbocycles. The van der Waals surface area contributed by atoms with Crippen molar-refractivity contribution in [2.24, 2.45) is 7.05 Å². The first-order valence-corrected chi connectivity index (χ1v) is 13.8. The number of nitrogens with zero attached hydrogens (tertiary/aromatic N) is 6. The molecule has 0 spiro atoms. The maximum Gasteiger partial charge on any atom is 0.573 e. The molecule has 0 radical (unpaired) electrons. The van der Waals surface area contributed by atoms with Gasteiger partial charge in [-0.25, -0.2) is 0 Å². The fourth-order valence-corrected chi connectivity index (χ4v) is 5.25. The molecule has 1 aromatic heterocycles. The summed E-state index contributed by atoms with van der Waals surface area (Å²) in [5.41, 5.74) is -3.80. The van der Waals surface area contributed by atoms with Gasteiger partial charge in [0.05, 0.1) is 24.2 Å². The quantitative estimate of drug-likeness (QED) is 0.192. The Morgan fingerprint density at radius 3 is 2.04 bits per heavy atom. The monoisotopic (exact) mass is 712 g/mol. The number of anilines is 2. The molecule has 0 fully saturated rings. The largest absolute Gasteiger partial charge is 0.573 e. The third kappa shape index (κ3) is 7.98. The summed E-state index contributed by atoms with van der Waals surface area (Å²) in [7, 11) is 1.33. The number of rotatable bonds is 6. The van der Waals surface area contributed by atoms with Crippen molar-refractivity contribution in [2.75, 3.05) is 9.80 Å². The molecule has 3 aromatic rings. The van der Waals surface area contributed by atoms with Crippen LogP contribution in [0.2, 0.25) is 0 Å². The van der Waals surface area contributed by atoms with Crippen molar-refractivity contribution in [1.29, 1.82) is 0 Å². The fourth-order valence-electron chi connectivity index (χ4n) is 4.98. The maximum atomic E-state index is 13.6. The van der Waals surface area contributed by atoms with Crippen LogP contribution in [0.25, 0.3) is 0 Å². The van der Waals surface area contributed by atoms with E-state index in [1.54, 1.807) is 6.92 Å². The molecular weight excluding hydrogens is 694 g/mol. The lowest BCUT2D eigenvalue weighted by atomic mass is 9.88. The van der Waals surface area contributed by atoms with E-state index >= 15 is 0 Å². The number of carbonyl (C=O) groups excluding carboxylic acids is 1. The van der Waals surface area contributed by atoms with Gasteiger partial charge >= 0.3 is 18.7 Å². The number of aromatic nitrogens is 4. The number of amides is 1. The van der Waals surface area contributed by atoms with Crippen LogP contribution in [0.15, 0.2) is 36.4 Å². The highest BCUT2D eigenvalue weighted by atomic mass is 35.6. The average molecular weight is 714 g/mol. The molecule has 0 saturated carbocycles. The molecule has 4 rings (SSSR count). The van der Waals surface area contributed by atoms with E-state index in [4.69, 9.17) is 34.8 Å². The minimum atomic E-state index is -5.15. The molecule has 246 valence electrons. The van der Waals surface area contributed by atoms with Crippen LogP contribution in [0, 0.1) is 0 Å². The van der Waals surface area contributed by atoms with Crippen molar-refractivity contribution < 1.29 is 49.0 Å². The predicted molar refractivity (Wildman–Crippen MR) is 144 cm³/mol. The standard InChI is InChI=1S/C25H20Cl3F9N6O2/c1-3-15-9-19(17-10-16(45-25(35,36)37)4-5-18(17)43(15)20(44)22(26,27)28)42(21-38-40-41(2)39-21)11-12-6-13(23(29,30)31)8-14(7-12)24(32,33)34/h4-8,10,15,19H,3,9,11H2,1-2H3/t15-,19+/m1/s1. The van der Waals surface area contributed by atoms with Gasteiger partial charge in [-0.05, 0) is 60.0 Å². The molecule has 0 N–H and O–H groups in total. The molecule has 45 heavy (non-hydrogen) atoms. The lowest BCUT2D eigenvalue weighted by Gasteiger charge is -2.45. The van der Waals surface area contributed by atoms with Gasteiger partial charge in [0.15, 0.2) is 0 Å². The van der Waals surface area contributed by atoms with Gasteiger partial charge in [-0.1, -0.05) is 46.8 Å². The summed E-state index contributed by atoms with van der Waals surface area (Å²) in [6.45, 7) is 0.932. The van der Waals surface area contributed by atoms with Gasteiger partial charge in [-0.15, -0.1) is 18.3 Å². The van der Waals surface area contributed by atoms with Gasteiger partial charge in [0.2, 0.25) is 0 Å². The molecule has 1 amide bonds. The van der Waals surface area contributed by atoms with E-state index in [9.17, 15) is 44.3 Å². The number of halogens is 12. The Bertz CT molecular complexity index is 1520. The van der Waals surface area contributed by atoms with Gasteiger partial charge in [0, 0.05) is 23.8 Å². The number of hydrogen-bond donors (Lipinski definition) is 0. The van der Waals surface area contributed by atoms with E-state index in [1.165, 1.54) is 11.9 Å². The Morgan fingerprint density at radius 1 is 0.978 bits per heavy atom. The molecule has 2 heterocycles. The average Bonchev–Trinajstić information content (AvgIpc) is 3.33. The van der Waals surface area contributed by atoms with Gasteiger partial charge < -0.3 is 14.5 Å². The first-order valence-electron chi connectivity index (χ1n) is 12.7. The van der Waals surface area contributed by atoms with E-state index in [0.29, 0.717) is 12.1 Å². The summed E-state index contributed by atoms with van der Waals surface area (Å²) in [5.74, 6) is -2.09. The molecule has 20 heteroatoms. The van der Waals surface area contributed by atoms with Crippen molar-refractivity contribution >= 4 is 52.3 Å². The number of ether oxygens (including phenoxy) is 1. The second-order valence-electron chi connectivity index (χ2n) is 9.88. The first-order chi connectivity index (χ1) is 20.6. The third-order valence-corrected chi connectivity index (χ3v) is 7.26. The van der Waals surface area contributed by atoms with Crippen LogP contribution in [0.4, 0.5) is 51.1 Å². The maximum absolute atomic E-state index is 13.6. The van der Waals surface area contributed by atoms with E-state index in [0.717, 1.165) is 27.9 Å². The minimum absolute atomic E-state index is 0.0433. The van der Waals surface area contributed by atoms with Crippen molar-refractivity contribution in [3.63, 3.8) is 0 Å². The summed E-state index contributed by atoms with van der Waals surface area (Å²) >= 11 is 17.6. The van der Waals surface area contributed by atoms with Gasteiger partial charge in [-0.3, -0.25) is 4.79 Å². The molecule has 1 aliphatic heterocycles. The van der Waals surface area contributed by atoms with Crippen LogP contribution < -0.4 is 14.5 Å². The number of tetrazole rings is 1. The second kappa shape index (κ2) is 12.2. The van der Waals surface area contributed by atoms with Crippen LogP contribution in [0.3, 0.4) is 0 Å². The number of fused-ring (bicyclic) bond motifs is 1. The lowest BCUT2D eigenvalue weighted by Crippen LogP contribution is -2.51. The summed E-state index contributed by atoms with van der Waals surface area (Å²) in [6, 6.07) is 1.86. The SMILES string of the molecule is CC[C@@H]1C[C@H](N(Cc2cc(C(F)(F)F)cc(C(F)(F)F)c2)c2nnn(C)n2)c2cc(OC(F)(F)F)ccc2N1C(=O)C(Cl)(Cl)Cl. The third-order valence-electron chi connectivity index (χ3n) is 6.78. The highest BCUT2D eigenvalue weighted by Gasteiger charge is 2.46. The van der Waals surface area contributed by atoms with Crippen molar-refractivity contribution in [2.45, 2.75) is 60.9 Å². The van der Waals surface area contributed by atoms with Crippen molar-refractivity contribution in [3.05, 3.63) is 58.7 Å². The van der Waals surface area contributed by atoms with E-state index < -0.39 is 69.5 Å². The molecule has 8 nitrogen and oxygen atoms in total. The van der Waals surface area contributed by atoms with Crippen LogP contribution in [-0.2, 0) is 30.7 Å². The van der Waals surface area contributed by atoms with Crippen LogP contribution >= 0.6 is 34.8 Å². The zero-order chi connectivity index (χ0) is 33.7. The number of alkyl halides is 12. The fraction of sp³-hybridized carbons (Fsp3) is 0.440. The Balaban J connectivity index is 1.94. The molecule has 0 unspecified atom stereocenters. The first kappa shape index (κ1) is 34.7. The smallest absolute Gasteiger partial charge is 0.406 e. The van der Waals surface area contributed by atoms with Crippen LogP contribution in [0.1, 0.15) is 48.1 Å². The molecule has 1 aliphatic rings. The Kier molecular flexibility index (Phi) is 9.41. The summed E-state index contributed by atoms with van der Waals surface area (Å²) in [5, 5.41) is 11.6. The Hall–Kier alpha value is -3.18. The lowest BCUT2D eigenvalue weighted by molar-refractivity contribution is -0.274. The Labute approximate surface area is 263 Å². The number of aryl methyl sites for hydroxylation is 1. The topological polar surface area (TPSA) is 76.4 Å². The second-order valence-corrected chi connectivity index (χ2v) is 12.2. The summed E-state index contributed by atoms with van der Waals surface area (Å²) in [6.07, 6.45) is -15.5. The predicted octanol–water partition coefficient (Wildman–Crippen LogP) is 7.78.